The molecule has 0 aliphatic rings. The fraction of sp³-hybridized carbons (Fsp3) is 0.462. The number of hydrogen-bond acceptors (Lipinski definition) is 2. The molecule has 3 nitrogen and oxygen atoms in total. The van der Waals surface area contributed by atoms with Gasteiger partial charge in [-0.15, -0.1) is 0 Å². The predicted molar refractivity (Wildman–Crippen MR) is 66.3 cm³/mol. The largest absolute Gasteiger partial charge is 0.478 e. The highest BCUT2D eigenvalue weighted by Gasteiger charge is 2.11. The van der Waals surface area contributed by atoms with Gasteiger partial charge in [-0.05, 0) is 50.5 Å². The first-order valence-electron chi connectivity index (χ1n) is 5.56. The van der Waals surface area contributed by atoms with E-state index in [2.05, 4.69) is 19.2 Å². The Morgan fingerprint density at radius 1 is 1.44 bits per heavy atom. The van der Waals surface area contributed by atoms with Crippen molar-refractivity contribution in [2.24, 2.45) is 0 Å². The van der Waals surface area contributed by atoms with Crippen LogP contribution in [0.4, 0.5) is 5.69 Å². The van der Waals surface area contributed by atoms with E-state index in [0.717, 1.165) is 23.2 Å². The molecule has 88 valence electrons. The molecule has 0 bridgehead atoms. The summed E-state index contributed by atoms with van der Waals surface area (Å²) in [5, 5.41) is 12.4. The van der Waals surface area contributed by atoms with Crippen LogP contribution in [0, 0.1) is 13.8 Å². The van der Waals surface area contributed by atoms with Gasteiger partial charge in [-0.2, -0.15) is 0 Å². The zero-order valence-electron chi connectivity index (χ0n) is 10.3. The van der Waals surface area contributed by atoms with Crippen molar-refractivity contribution in [3.63, 3.8) is 0 Å². The standard InChI is InChI=1S/C13H19NO2/c1-5-9(3)14-11-6-8(2)10(4)12(7-11)13(15)16/h6-7,9,14H,5H2,1-4H3,(H,15,16). The minimum Gasteiger partial charge on any atom is -0.478 e. The van der Waals surface area contributed by atoms with Crippen LogP contribution in [0.2, 0.25) is 0 Å². The lowest BCUT2D eigenvalue weighted by Crippen LogP contribution is -2.14. The lowest BCUT2D eigenvalue weighted by molar-refractivity contribution is 0.0696. The maximum atomic E-state index is 11.1. The maximum Gasteiger partial charge on any atom is 0.336 e. The summed E-state index contributed by atoms with van der Waals surface area (Å²) in [6.45, 7) is 7.95. The van der Waals surface area contributed by atoms with E-state index in [4.69, 9.17) is 5.11 Å². The van der Waals surface area contributed by atoms with Crippen molar-refractivity contribution < 1.29 is 9.90 Å². The molecule has 0 aromatic heterocycles. The number of aromatic carboxylic acids is 1. The molecule has 0 amide bonds. The molecule has 0 saturated carbocycles. The molecule has 0 saturated heterocycles. The molecule has 1 rings (SSSR count). The van der Waals surface area contributed by atoms with Crippen molar-refractivity contribution in [3.05, 3.63) is 28.8 Å². The van der Waals surface area contributed by atoms with E-state index >= 15 is 0 Å². The van der Waals surface area contributed by atoms with E-state index in [1.54, 1.807) is 6.07 Å². The topological polar surface area (TPSA) is 49.3 Å². The van der Waals surface area contributed by atoms with Crippen LogP contribution < -0.4 is 5.32 Å². The highest BCUT2D eigenvalue weighted by Crippen LogP contribution is 2.20. The second kappa shape index (κ2) is 5.01. The molecule has 0 spiro atoms. The SMILES string of the molecule is CCC(C)Nc1cc(C)c(C)c(C(=O)O)c1. The van der Waals surface area contributed by atoms with E-state index in [-0.39, 0.29) is 0 Å². The Bertz CT molecular complexity index is 399. The van der Waals surface area contributed by atoms with Gasteiger partial charge in [0, 0.05) is 11.7 Å². The Labute approximate surface area is 96.5 Å². The summed E-state index contributed by atoms with van der Waals surface area (Å²) in [5.41, 5.74) is 3.11. The number of aryl methyl sites for hydroxylation is 1. The number of carboxylic acids is 1. The molecular formula is C13H19NO2. The first-order valence-corrected chi connectivity index (χ1v) is 5.56. The van der Waals surface area contributed by atoms with Gasteiger partial charge >= 0.3 is 5.97 Å². The highest BCUT2D eigenvalue weighted by molar-refractivity contribution is 5.91. The van der Waals surface area contributed by atoms with Crippen LogP contribution in [0.5, 0.6) is 0 Å². The summed E-state index contributed by atoms with van der Waals surface area (Å²) in [6, 6.07) is 4.05. The molecule has 2 N–H and O–H groups in total. The molecule has 0 aliphatic carbocycles. The molecule has 1 aromatic rings. The van der Waals surface area contributed by atoms with Gasteiger partial charge in [0.05, 0.1) is 5.56 Å². The van der Waals surface area contributed by atoms with Crippen LogP contribution in [0.3, 0.4) is 0 Å². The Morgan fingerprint density at radius 2 is 2.06 bits per heavy atom. The Balaban J connectivity index is 3.09. The minimum absolute atomic E-state index is 0.351. The molecule has 0 heterocycles. The van der Waals surface area contributed by atoms with Gasteiger partial charge in [-0.25, -0.2) is 4.79 Å². The molecule has 1 atom stereocenters. The van der Waals surface area contributed by atoms with Crippen LogP contribution in [0.15, 0.2) is 12.1 Å². The van der Waals surface area contributed by atoms with Crippen molar-refractivity contribution in [2.75, 3.05) is 5.32 Å². The van der Waals surface area contributed by atoms with Gasteiger partial charge in [0.15, 0.2) is 0 Å². The number of rotatable bonds is 4. The summed E-state index contributed by atoms with van der Waals surface area (Å²) < 4.78 is 0. The first kappa shape index (κ1) is 12.6. The smallest absolute Gasteiger partial charge is 0.336 e. The first-order chi connectivity index (χ1) is 7.45. The van der Waals surface area contributed by atoms with Crippen LogP contribution in [-0.4, -0.2) is 17.1 Å². The highest BCUT2D eigenvalue weighted by atomic mass is 16.4. The second-order valence-corrected chi connectivity index (χ2v) is 4.22. The third-order valence-corrected chi connectivity index (χ3v) is 2.92. The average Bonchev–Trinajstić information content (AvgIpc) is 2.22. The van der Waals surface area contributed by atoms with E-state index in [1.807, 2.05) is 19.9 Å². The van der Waals surface area contributed by atoms with Gasteiger partial charge in [-0.3, -0.25) is 0 Å². The molecule has 1 unspecified atom stereocenters. The maximum absolute atomic E-state index is 11.1. The van der Waals surface area contributed by atoms with Crippen molar-refractivity contribution in [3.8, 4) is 0 Å². The molecular weight excluding hydrogens is 202 g/mol. The lowest BCUT2D eigenvalue weighted by atomic mass is 10.0. The number of benzene rings is 1. The summed E-state index contributed by atoms with van der Waals surface area (Å²) in [4.78, 5) is 11.1. The van der Waals surface area contributed by atoms with Crippen LogP contribution >= 0.6 is 0 Å². The molecule has 16 heavy (non-hydrogen) atoms. The molecule has 3 heteroatoms. The number of nitrogens with one attached hydrogen (secondary N) is 1. The average molecular weight is 221 g/mol. The molecule has 0 radical (unpaired) electrons. The van der Waals surface area contributed by atoms with Crippen LogP contribution in [-0.2, 0) is 0 Å². The summed E-state index contributed by atoms with van der Waals surface area (Å²) >= 11 is 0. The van der Waals surface area contributed by atoms with E-state index < -0.39 is 5.97 Å². The fourth-order valence-corrected chi connectivity index (χ4v) is 1.55. The quantitative estimate of drug-likeness (QED) is 0.820. The number of carboxylic acid groups (broad SMARTS) is 1. The Morgan fingerprint density at radius 3 is 2.56 bits per heavy atom. The summed E-state index contributed by atoms with van der Waals surface area (Å²) in [5.74, 6) is -0.867. The van der Waals surface area contributed by atoms with Crippen LogP contribution in [0.25, 0.3) is 0 Å². The van der Waals surface area contributed by atoms with Crippen molar-refractivity contribution >= 4 is 11.7 Å². The van der Waals surface area contributed by atoms with E-state index in [9.17, 15) is 4.79 Å². The zero-order chi connectivity index (χ0) is 12.3. The Kier molecular flexibility index (Phi) is 3.93. The number of hydrogen-bond donors (Lipinski definition) is 2. The molecule has 1 aromatic carbocycles. The minimum atomic E-state index is -0.867. The molecule has 0 fully saturated rings. The normalized spacial score (nSPS) is 12.2. The van der Waals surface area contributed by atoms with E-state index in [1.165, 1.54) is 0 Å². The fourth-order valence-electron chi connectivity index (χ4n) is 1.55. The molecule has 0 aliphatic heterocycles. The summed E-state index contributed by atoms with van der Waals surface area (Å²) in [7, 11) is 0. The van der Waals surface area contributed by atoms with Gasteiger partial charge < -0.3 is 10.4 Å². The lowest BCUT2D eigenvalue weighted by Gasteiger charge is -2.15. The second-order valence-electron chi connectivity index (χ2n) is 4.22. The monoisotopic (exact) mass is 221 g/mol. The van der Waals surface area contributed by atoms with Crippen molar-refractivity contribution in [1.29, 1.82) is 0 Å². The van der Waals surface area contributed by atoms with Gasteiger partial charge in [0.1, 0.15) is 0 Å². The third kappa shape index (κ3) is 2.75. The van der Waals surface area contributed by atoms with Crippen molar-refractivity contribution in [1.82, 2.24) is 0 Å². The van der Waals surface area contributed by atoms with Gasteiger partial charge in [-0.1, -0.05) is 6.92 Å². The van der Waals surface area contributed by atoms with E-state index in [0.29, 0.717) is 11.6 Å². The zero-order valence-corrected chi connectivity index (χ0v) is 10.3. The Hall–Kier alpha value is -1.51. The third-order valence-electron chi connectivity index (χ3n) is 2.92. The summed E-state index contributed by atoms with van der Waals surface area (Å²) in [6.07, 6.45) is 1.01. The van der Waals surface area contributed by atoms with Crippen LogP contribution in [0.1, 0.15) is 41.8 Å². The number of carbonyl (C=O) groups is 1. The van der Waals surface area contributed by atoms with Gasteiger partial charge in [0.2, 0.25) is 0 Å². The van der Waals surface area contributed by atoms with Crippen molar-refractivity contribution in [2.45, 2.75) is 40.2 Å². The van der Waals surface area contributed by atoms with Gasteiger partial charge in [0.25, 0.3) is 0 Å². The number of anilines is 1. The predicted octanol–water partition coefficient (Wildman–Crippen LogP) is 3.21.